The maximum Gasteiger partial charge on any atom is 0.263 e. The Morgan fingerprint density at radius 2 is 1.75 bits per heavy atom. The van der Waals surface area contributed by atoms with Crippen molar-refractivity contribution in [1.82, 2.24) is 4.90 Å². The van der Waals surface area contributed by atoms with Crippen LogP contribution in [0.1, 0.15) is 19.8 Å². The van der Waals surface area contributed by atoms with Crippen molar-refractivity contribution >= 4 is 40.7 Å². The Kier molecular flexibility index (Phi) is 6.81. The summed E-state index contributed by atoms with van der Waals surface area (Å²) in [5, 5.41) is 3.60. The van der Waals surface area contributed by atoms with Crippen LogP contribution in [-0.4, -0.2) is 35.9 Å². The van der Waals surface area contributed by atoms with Gasteiger partial charge in [0.15, 0.2) is 6.10 Å². The number of hydrogen-bond acceptors (Lipinski definition) is 3. The fourth-order valence-electron chi connectivity index (χ4n) is 3.20. The molecule has 2 aromatic rings. The lowest BCUT2D eigenvalue weighted by Crippen LogP contribution is -2.46. The van der Waals surface area contributed by atoms with E-state index in [4.69, 9.17) is 27.9 Å². The molecule has 1 aliphatic rings. The van der Waals surface area contributed by atoms with Crippen LogP contribution in [0.25, 0.3) is 0 Å². The van der Waals surface area contributed by atoms with E-state index in [-0.39, 0.29) is 17.7 Å². The van der Waals surface area contributed by atoms with Crippen molar-refractivity contribution in [3.8, 4) is 5.75 Å². The maximum atomic E-state index is 12.7. The maximum absolute atomic E-state index is 12.7. The number of carbonyl (C=O) groups is 2. The van der Waals surface area contributed by atoms with Crippen LogP contribution in [0, 0.1) is 5.92 Å². The number of nitrogens with zero attached hydrogens (tertiary/aromatic N) is 1. The Hall–Kier alpha value is -2.24. The number of halogens is 2. The number of para-hydroxylation sites is 1. The number of hydrogen-bond donors (Lipinski definition) is 1. The van der Waals surface area contributed by atoms with Crippen molar-refractivity contribution in [3.63, 3.8) is 0 Å². The van der Waals surface area contributed by atoms with Gasteiger partial charge in [0.1, 0.15) is 10.8 Å². The Balaban J connectivity index is 1.51. The molecule has 1 fully saturated rings. The minimum atomic E-state index is -0.689. The molecule has 2 aromatic carbocycles. The molecule has 7 heteroatoms. The number of amides is 2. The van der Waals surface area contributed by atoms with Gasteiger partial charge in [0.05, 0.1) is 5.02 Å². The van der Waals surface area contributed by atoms with Crippen LogP contribution in [-0.2, 0) is 9.59 Å². The number of carbonyl (C=O) groups excluding carboxylic acids is 2. The summed E-state index contributed by atoms with van der Waals surface area (Å²) in [6.07, 6.45) is 0.551. The molecule has 0 spiro atoms. The second-order valence-electron chi connectivity index (χ2n) is 6.77. The molecule has 0 saturated carbocycles. The van der Waals surface area contributed by atoms with Gasteiger partial charge in [-0.15, -0.1) is 0 Å². The van der Waals surface area contributed by atoms with Crippen molar-refractivity contribution in [2.24, 2.45) is 5.92 Å². The van der Waals surface area contributed by atoms with Gasteiger partial charge < -0.3 is 15.0 Å². The number of piperidine rings is 1. The van der Waals surface area contributed by atoms with E-state index in [1.165, 1.54) is 0 Å². The lowest BCUT2D eigenvalue weighted by Gasteiger charge is -2.33. The van der Waals surface area contributed by atoms with Crippen LogP contribution in [0.3, 0.4) is 0 Å². The highest BCUT2D eigenvalue weighted by Crippen LogP contribution is 2.32. The third-order valence-electron chi connectivity index (χ3n) is 4.79. The van der Waals surface area contributed by atoms with E-state index in [2.05, 4.69) is 5.32 Å². The monoisotopic (exact) mass is 420 g/mol. The van der Waals surface area contributed by atoms with Crippen molar-refractivity contribution < 1.29 is 14.3 Å². The van der Waals surface area contributed by atoms with Gasteiger partial charge in [-0.05, 0) is 44.0 Å². The zero-order valence-corrected chi connectivity index (χ0v) is 17.0. The molecule has 1 saturated heterocycles. The quantitative estimate of drug-likeness (QED) is 0.766. The van der Waals surface area contributed by atoms with Crippen LogP contribution < -0.4 is 10.1 Å². The summed E-state index contributed by atoms with van der Waals surface area (Å²) in [7, 11) is 0. The highest BCUT2D eigenvalue weighted by atomic mass is 35.5. The number of anilines is 1. The van der Waals surface area contributed by atoms with Crippen LogP contribution in [0.15, 0.2) is 48.5 Å². The fraction of sp³-hybridized carbons (Fsp3) is 0.333. The lowest BCUT2D eigenvalue weighted by molar-refractivity contribution is -0.140. The first kappa shape index (κ1) is 20.5. The normalized spacial score (nSPS) is 15.8. The van der Waals surface area contributed by atoms with E-state index in [1.54, 1.807) is 30.0 Å². The molecule has 1 N–H and O–H groups in total. The molecule has 0 aliphatic carbocycles. The standard InChI is InChI=1S/C21H22Cl2N2O3/c1-14(28-18-9-5-8-17(22)19(18)23)21(27)25-12-10-15(11-13-25)20(26)24-16-6-3-2-4-7-16/h2-9,14-15H,10-13H2,1H3,(H,24,26). The van der Waals surface area contributed by atoms with Crippen molar-refractivity contribution in [2.45, 2.75) is 25.9 Å². The number of ether oxygens (including phenoxy) is 1. The summed E-state index contributed by atoms with van der Waals surface area (Å²) in [4.78, 5) is 26.8. The molecule has 0 radical (unpaired) electrons. The zero-order chi connectivity index (χ0) is 20.1. The van der Waals surface area contributed by atoms with Gasteiger partial charge in [0.25, 0.3) is 5.91 Å². The minimum absolute atomic E-state index is 0.00620. The molecule has 1 heterocycles. The highest BCUT2D eigenvalue weighted by molar-refractivity contribution is 6.42. The average molecular weight is 421 g/mol. The predicted octanol–water partition coefficient (Wildman–Crippen LogP) is 4.64. The van der Waals surface area contributed by atoms with Crippen LogP contribution in [0.4, 0.5) is 5.69 Å². The van der Waals surface area contributed by atoms with Gasteiger partial charge in [0.2, 0.25) is 5.91 Å². The fourth-order valence-corrected chi connectivity index (χ4v) is 3.54. The lowest BCUT2D eigenvalue weighted by atomic mass is 9.95. The molecule has 3 rings (SSSR count). The predicted molar refractivity (Wildman–Crippen MR) is 111 cm³/mol. The molecule has 0 bridgehead atoms. The second kappa shape index (κ2) is 9.30. The van der Waals surface area contributed by atoms with Gasteiger partial charge in [-0.2, -0.15) is 0 Å². The summed E-state index contributed by atoms with van der Waals surface area (Å²) in [5.74, 6) is 0.140. The molecular formula is C21H22Cl2N2O3. The Morgan fingerprint density at radius 3 is 2.43 bits per heavy atom. The SMILES string of the molecule is CC(Oc1cccc(Cl)c1Cl)C(=O)N1CCC(C(=O)Nc2ccccc2)CC1. The molecule has 1 aliphatic heterocycles. The van der Waals surface area contributed by atoms with Crippen molar-refractivity contribution in [3.05, 3.63) is 58.6 Å². The van der Waals surface area contributed by atoms with Crippen LogP contribution >= 0.6 is 23.2 Å². The topological polar surface area (TPSA) is 58.6 Å². The summed E-state index contributed by atoms with van der Waals surface area (Å²) in [6.45, 7) is 2.72. The Labute approximate surface area is 174 Å². The third-order valence-corrected chi connectivity index (χ3v) is 5.59. The summed E-state index contributed by atoms with van der Waals surface area (Å²) in [6, 6.07) is 14.4. The Morgan fingerprint density at radius 1 is 1.07 bits per heavy atom. The number of benzene rings is 2. The first-order valence-corrected chi connectivity index (χ1v) is 9.96. The summed E-state index contributed by atoms with van der Waals surface area (Å²) < 4.78 is 5.71. The van der Waals surface area contributed by atoms with Crippen LogP contribution in [0.5, 0.6) is 5.75 Å². The van der Waals surface area contributed by atoms with Gasteiger partial charge in [-0.3, -0.25) is 9.59 Å². The zero-order valence-electron chi connectivity index (χ0n) is 15.5. The van der Waals surface area contributed by atoms with E-state index in [1.807, 2.05) is 30.3 Å². The van der Waals surface area contributed by atoms with Crippen LogP contribution in [0.2, 0.25) is 10.0 Å². The van der Waals surface area contributed by atoms with E-state index in [0.717, 1.165) is 5.69 Å². The summed E-state index contributed by atoms with van der Waals surface area (Å²) >= 11 is 12.1. The molecule has 0 aromatic heterocycles. The second-order valence-corrected chi connectivity index (χ2v) is 7.55. The highest BCUT2D eigenvalue weighted by Gasteiger charge is 2.30. The smallest absolute Gasteiger partial charge is 0.263 e. The average Bonchev–Trinajstić information content (AvgIpc) is 2.71. The van der Waals surface area contributed by atoms with Gasteiger partial charge in [-0.1, -0.05) is 47.5 Å². The first-order chi connectivity index (χ1) is 13.5. The summed E-state index contributed by atoms with van der Waals surface area (Å²) in [5.41, 5.74) is 0.784. The number of rotatable bonds is 5. The molecule has 1 atom stereocenters. The molecule has 2 amide bonds. The minimum Gasteiger partial charge on any atom is -0.479 e. The van der Waals surface area contributed by atoms with E-state index < -0.39 is 6.10 Å². The van der Waals surface area contributed by atoms with E-state index >= 15 is 0 Å². The van der Waals surface area contributed by atoms with Gasteiger partial charge in [0, 0.05) is 24.7 Å². The molecule has 1 unspecified atom stereocenters. The molecule has 28 heavy (non-hydrogen) atoms. The van der Waals surface area contributed by atoms with Crippen molar-refractivity contribution in [2.75, 3.05) is 18.4 Å². The first-order valence-electron chi connectivity index (χ1n) is 9.21. The molecule has 148 valence electrons. The molecule has 5 nitrogen and oxygen atoms in total. The van der Waals surface area contributed by atoms with Gasteiger partial charge in [-0.25, -0.2) is 0 Å². The van der Waals surface area contributed by atoms with Gasteiger partial charge >= 0.3 is 0 Å². The van der Waals surface area contributed by atoms with E-state index in [0.29, 0.717) is 41.7 Å². The van der Waals surface area contributed by atoms with Crippen molar-refractivity contribution in [1.29, 1.82) is 0 Å². The number of nitrogens with one attached hydrogen (secondary N) is 1. The van der Waals surface area contributed by atoms with E-state index in [9.17, 15) is 9.59 Å². The number of likely N-dealkylation sites (tertiary alicyclic amines) is 1. The largest absolute Gasteiger partial charge is 0.479 e. The molecular weight excluding hydrogens is 399 g/mol. The Bertz CT molecular complexity index is 837. The third kappa shape index (κ3) is 4.97.